The molecule has 0 aromatic heterocycles. The fourth-order valence-corrected chi connectivity index (χ4v) is 2.69. The minimum Gasteiger partial charge on any atom is -0.381 e. The molecule has 2 aromatic rings. The van der Waals surface area contributed by atoms with Crippen LogP contribution in [0, 0.1) is 6.92 Å². The molecule has 0 aliphatic rings. The highest BCUT2D eigenvalue weighted by molar-refractivity contribution is 9.10. The molecule has 110 valence electrons. The molecule has 0 unspecified atom stereocenters. The van der Waals surface area contributed by atoms with E-state index in [1.165, 1.54) is 0 Å². The lowest BCUT2D eigenvalue weighted by Gasteiger charge is -2.12. The van der Waals surface area contributed by atoms with Crippen molar-refractivity contribution in [2.24, 2.45) is 0 Å². The standard InChI is InChI=1S/C16H16BrClN2O/c1-10-3-4-11(16(21)19-2)7-15(10)20-9-12-5-6-13(17)8-14(12)18/h3-8,20H,9H2,1-2H3,(H,19,21). The van der Waals surface area contributed by atoms with E-state index >= 15 is 0 Å². The highest BCUT2D eigenvalue weighted by atomic mass is 79.9. The lowest BCUT2D eigenvalue weighted by Crippen LogP contribution is -2.18. The Bertz CT molecular complexity index is 673. The van der Waals surface area contributed by atoms with Crippen molar-refractivity contribution < 1.29 is 4.79 Å². The molecule has 0 bridgehead atoms. The normalized spacial score (nSPS) is 10.3. The summed E-state index contributed by atoms with van der Waals surface area (Å²) in [6, 6.07) is 11.4. The van der Waals surface area contributed by atoms with Crippen LogP contribution in [0.4, 0.5) is 5.69 Å². The first-order valence-corrected chi connectivity index (χ1v) is 7.69. The average Bonchev–Trinajstić information content (AvgIpc) is 2.47. The predicted molar refractivity (Wildman–Crippen MR) is 91.0 cm³/mol. The zero-order valence-electron chi connectivity index (χ0n) is 11.8. The molecule has 0 fully saturated rings. The van der Waals surface area contributed by atoms with Crippen LogP contribution in [0.25, 0.3) is 0 Å². The van der Waals surface area contributed by atoms with Gasteiger partial charge in [0.25, 0.3) is 5.91 Å². The van der Waals surface area contributed by atoms with Gasteiger partial charge in [0, 0.05) is 34.3 Å². The first-order valence-electron chi connectivity index (χ1n) is 6.52. The van der Waals surface area contributed by atoms with Crippen LogP contribution in [0.5, 0.6) is 0 Å². The third kappa shape index (κ3) is 3.99. The Morgan fingerprint density at radius 2 is 2.00 bits per heavy atom. The summed E-state index contributed by atoms with van der Waals surface area (Å²) in [6.45, 7) is 2.60. The van der Waals surface area contributed by atoms with Gasteiger partial charge in [0.2, 0.25) is 0 Å². The number of halogens is 2. The summed E-state index contributed by atoms with van der Waals surface area (Å²) < 4.78 is 0.953. The highest BCUT2D eigenvalue weighted by Crippen LogP contribution is 2.23. The lowest BCUT2D eigenvalue weighted by molar-refractivity contribution is 0.0963. The van der Waals surface area contributed by atoms with Gasteiger partial charge in [0.15, 0.2) is 0 Å². The van der Waals surface area contributed by atoms with Crippen molar-refractivity contribution in [3.63, 3.8) is 0 Å². The molecule has 2 N–H and O–H groups in total. The molecule has 0 radical (unpaired) electrons. The summed E-state index contributed by atoms with van der Waals surface area (Å²) >= 11 is 9.59. The molecule has 0 aliphatic carbocycles. The largest absolute Gasteiger partial charge is 0.381 e. The third-order valence-corrected chi connectivity index (χ3v) is 4.06. The molecule has 0 atom stereocenters. The molecule has 1 amide bonds. The average molecular weight is 368 g/mol. The first-order chi connectivity index (χ1) is 10.0. The van der Waals surface area contributed by atoms with Gasteiger partial charge in [-0.1, -0.05) is 39.7 Å². The van der Waals surface area contributed by atoms with E-state index < -0.39 is 0 Å². The summed E-state index contributed by atoms with van der Waals surface area (Å²) in [5, 5.41) is 6.66. The zero-order chi connectivity index (χ0) is 15.4. The number of anilines is 1. The lowest BCUT2D eigenvalue weighted by atomic mass is 10.1. The molecule has 5 heteroatoms. The zero-order valence-corrected chi connectivity index (χ0v) is 14.2. The summed E-state index contributed by atoms with van der Waals surface area (Å²) in [5.41, 5.74) is 3.64. The minimum absolute atomic E-state index is 0.0975. The van der Waals surface area contributed by atoms with Crippen LogP contribution in [-0.2, 0) is 6.54 Å². The van der Waals surface area contributed by atoms with Crippen LogP contribution in [0.1, 0.15) is 21.5 Å². The van der Waals surface area contributed by atoms with Crippen molar-refractivity contribution >= 4 is 39.1 Å². The SMILES string of the molecule is CNC(=O)c1ccc(C)c(NCc2ccc(Br)cc2Cl)c1. The van der Waals surface area contributed by atoms with E-state index in [4.69, 9.17) is 11.6 Å². The van der Waals surface area contributed by atoms with Crippen LogP contribution in [0.15, 0.2) is 40.9 Å². The Morgan fingerprint density at radius 3 is 2.67 bits per heavy atom. The highest BCUT2D eigenvalue weighted by Gasteiger charge is 2.07. The van der Waals surface area contributed by atoms with Crippen LogP contribution in [0.2, 0.25) is 5.02 Å². The Morgan fingerprint density at radius 1 is 1.24 bits per heavy atom. The van der Waals surface area contributed by atoms with Crippen molar-refractivity contribution in [2.75, 3.05) is 12.4 Å². The number of hydrogen-bond acceptors (Lipinski definition) is 2. The van der Waals surface area contributed by atoms with E-state index in [0.717, 1.165) is 21.3 Å². The van der Waals surface area contributed by atoms with Crippen LogP contribution >= 0.6 is 27.5 Å². The molecule has 3 nitrogen and oxygen atoms in total. The van der Waals surface area contributed by atoms with Gasteiger partial charge in [-0.05, 0) is 42.3 Å². The number of benzene rings is 2. The van der Waals surface area contributed by atoms with Crippen LogP contribution in [0.3, 0.4) is 0 Å². The van der Waals surface area contributed by atoms with Gasteiger partial charge in [-0.15, -0.1) is 0 Å². The molecule has 0 heterocycles. The molecule has 0 spiro atoms. The molecule has 0 saturated heterocycles. The Kier molecular flexibility index (Phi) is 5.26. The maximum absolute atomic E-state index is 11.7. The van der Waals surface area contributed by atoms with Gasteiger partial charge in [0.05, 0.1) is 0 Å². The maximum atomic E-state index is 11.7. The summed E-state index contributed by atoms with van der Waals surface area (Å²) in [5.74, 6) is -0.0975. The first kappa shape index (κ1) is 15.9. The number of amides is 1. The molecular formula is C16H16BrClN2O. The smallest absolute Gasteiger partial charge is 0.251 e. The fourth-order valence-electron chi connectivity index (χ4n) is 1.95. The molecule has 2 aromatic carbocycles. The van der Waals surface area contributed by atoms with E-state index in [0.29, 0.717) is 17.1 Å². The van der Waals surface area contributed by atoms with Crippen LogP contribution < -0.4 is 10.6 Å². The number of nitrogens with one attached hydrogen (secondary N) is 2. The summed E-state index contributed by atoms with van der Waals surface area (Å²) in [4.78, 5) is 11.7. The molecule has 2 rings (SSSR count). The van der Waals surface area contributed by atoms with Gasteiger partial charge in [0.1, 0.15) is 0 Å². The van der Waals surface area contributed by atoms with E-state index in [1.54, 1.807) is 7.05 Å². The second kappa shape index (κ2) is 6.96. The Balaban J connectivity index is 2.17. The van der Waals surface area contributed by atoms with Crippen LogP contribution in [-0.4, -0.2) is 13.0 Å². The Hall–Kier alpha value is -1.52. The molecule has 21 heavy (non-hydrogen) atoms. The summed E-state index contributed by atoms with van der Waals surface area (Å²) in [6.07, 6.45) is 0. The van der Waals surface area contributed by atoms with E-state index in [9.17, 15) is 4.79 Å². The number of hydrogen-bond donors (Lipinski definition) is 2. The van der Waals surface area contributed by atoms with Gasteiger partial charge < -0.3 is 10.6 Å². The van der Waals surface area contributed by atoms with E-state index in [1.807, 2.05) is 43.3 Å². The van der Waals surface area contributed by atoms with Crippen molar-refractivity contribution in [2.45, 2.75) is 13.5 Å². The van der Waals surface area contributed by atoms with Crippen molar-refractivity contribution in [1.82, 2.24) is 5.32 Å². The predicted octanol–water partition coefficient (Wildman–Crippen LogP) is 4.38. The van der Waals surface area contributed by atoms with Crippen molar-refractivity contribution in [3.8, 4) is 0 Å². The number of aryl methyl sites for hydroxylation is 1. The van der Waals surface area contributed by atoms with Gasteiger partial charge >= 0.3 is 0 Å². The minimum atomic E-state index is -0.0975. The van der Waals surface area contributed by atoms with Crippen molar-refractivity contribution in [1.29, 1.82) is 0 Å². The van der Waals surface area contributed by atoms with Crippen molar-refractivity contribution in [3.05, 3.63) is 62.6 Å². The second-order valence-corrected chi connectivity index (χ2v) is 6.02. The third-order valence-electron chi connectivity index (χ3n) is 3.21. The van der Waals surface area contributed by atoms with Gasteiger partial charge in [-0.2, -0.15) is 0 Å². The molecule has 0 aliphatic heterocycles. The van der Waals surface area contributed by atoms with Gasteiger partial charge in [-0.3, -0.25) is 4.79 Å². The Labute approximate surface area is 137 Å². The molecule has 0 saturated carbocycles. The monoisotopic (exact) mass is 366 g/mol. The van der Waals surface area contributed by atoms with E-state index in [2.05, 4.69) is 26.6 Å². The quantitative estimate of drug-likeness (QED) is 0.842. The summed E-state index contributed by atoms with van der Waals surface area (Å²) in [7, 11) is 1.62. The number of carbonyl (C=O) groups excluding carboxylic acids is 1. The maximum Gasteiger partial charge on any atom is 0.251 e. The second-order valence-electron chi connectivity index (χ2n) is 4.70. The fraction of sp³-hybridized carbons (Fsp3) is 0.188. The number of carbonyl (C=O) groups is 1. The molecular weight excluding hydrogens is 352 g/mol. The van der Waals surface area contributed by atoms with Gasteiger partial charge in [-0.25, -0.2) is 0 Å². The number of rotatable bonds is 4. The topological polar surface area (TPSA) is 41.1 Å². The van der Waals surface area contributed by atoms with E-state index in [-0.39, 0.29) is 5.91 Å².